The first kappa shape index (κ1) is 22.7. The Balaban J connectivity index is 1.34. The average molecular weight is 428 g/mol. The Labute approximate surface area is 183 Å². The minimum absolute atomic E-state index is 0.0357. The molecule has 3 rings (SSSR count). The predicted octanol–water partition coefficient (Wildman–Crippen LogP) is 3.38. The minimum atomic E-state index is -0.301. The van der Waals surface area contributed by atoms with Gasteiger partial charge in [0.25, 0.3) is 0 Å². The maximum atomic E-state index is 12.9. The maximum Gasteiger partial charge on any atom is 0.238 e. The quantitative estimate of drug-likeness (QED) is 0.656. The van der Waals surface area contributed by atoms with Crippen LogP contribution >= 0.6 is 0 Å². The lowest BCUT2D eigenvalue weighted by atomic mass is 10.1. The van der Waals surface area contributed by atoms with Crippen LogP contribution in [-0.2, 0) is 9.59 Å². The van der Waals surface area contributed by atoms with E-state index in [1.807, 2.05) is 36.9 Å². The number of aryl methyl sites for hydroxylation is 1. The van der Waals surface area contributed by atoms with E-state index in [0.717, 1.165) is 16.8 Å². The number of ether oxygens (including phenoxy) is 1. The van der Waals surface area contributed by atoms with E-state index in [-0.39, 0.29) is 17.6 Å². The van der Waals surface area contributed by atoms with Gasteiger partial charge in [0.05, 0.1) is 13.2 Å². The molecule has 166 valence electrons. The number of nitrogens with one attached hydrogen (secondary N) is 1. The molecule has 0 bridgehead atoms. The van der Waals surface area contributed by atoms with Crippen molar-refractivity contribution in [3.05, 3.63) is 59.4 Å². The predicted molar refractivity (Wildman–Crippen MR) is 119 cm³/mol. The molecule has 0 spiro atoms. The van der Waals surface area contributed by atoms with E-state index in [9.17, 15) is 14.0 Å². The van der Waals surface area contributed by atoms with Crippen LogP contribution in [0.1, 0.15) is 24.0 Å². The molecule has 2 amide bonds. The fourth-order valence-electron chi connectivity index (χ4n) is 3.54. The molecule has 1 aliphatic rings. The molecular weight excluding hydrogens is 397 g/mol. The van der Waals surface area contributed by atoms with Crippen LogP contribution in [0, 0.1) is 19.7 Å². The van der Waals surface area contributed by atoms with Crippen molar-refractivity contribution in [1.82, 2.24) is 9.80 Å². The summed E-state index contributed by atoms with van der Waals surface area (Å²) < 4.78 is 18.4. The monoisotopic (exact) mass is 427 g/mol. The zero-order valence-corrected chi connectivity index (χ0v) is 18.2. The van der Waals surface area contributed by atoms with Crippen molar-refractivity contribution in [3.8, 4) is 5.75 Å². The topological polar surface area (TPSA) is 61.9 Å². The third-order valence-corrected chi connectivity index (χ3v) is 5.59. The Bertz CT molecular complexity index is 893. The van der Waals surface area contributed by atoms with Crippen LogP contribution in [0.4, 0.5) is 10.1 Å². The van der Waals surface area contributed by atoms with Crippen LogP contribution < -0.4 is 10.1 Å². The molecule has 1 saturated heterocycles. The molecule has 0 aromatic heterocycles. The first-order valence-electron chi connectivity index (χ1n) is 10.7. The van der Waals surface area contributed by atoms with E-state index in [1.165, 1.54) is 12.1 Å². The van der Waals surface area contributed by atoms with E-state index in [2.05, 4.69) is 10.2 Å². The van der Waals surface area contributed by atoms with Gasteiger partial charge in [-0.3, -0.25) is 14.5 Å². The smallest absolute Gasteiger partial charge is 0.238 e. The SMILES string of the molecule is Cc1cccc(NC(=O)CN2CCN(C(=O)CCCOc3ccc(F)cc3)CC2)c1C. The standard InChI is InChI=1S/C24H30FN3O3/c1-18-5-3-6-22(19(18)2)26-23(29)17-27-12-14-28(15-13-27)24(30)7-4-16-31-21-10-8-20(25)9-11-21/h3,5-6,8-11H,4,7,12-17H2,1-2H3,(H,26,29). The van der Waals surface area contributed by atoms with Crippen LogP contribution in [-0.4, -0.2) is 60.9 Å². The van der Waals surface area contributed by atoms with Crippen LogP contribution in [0.5, 0.6) is 5.75 Å². The summed E-state index contributed by atoms with van der Waals surface area (Å²) in [6.07, 6.45) is 1.02. The summed E-state index contributed by atoms with van der Waals surface area (Å²) >= 11 is 0. The Morgan fingerprint density at radius 2 is 1.74 bits per heavy atom. The molecule has 2 aromatic carbocycles. The summed E-state index contributed by atoms with van der Waals surface area (Å²) in [4.78, 5) is 28.7. The van der Waals surface area contributed by atoms with Gasteiger partial charge in [0, 0.05) is 38.3 Å². The molecule has 1 N–H and O–H groups in total. The van der Waals surface area contributed by atoms with Crippen molar-refractivity contribution in [2.45, 2.75) is 26.7 Å². The van der Waals surface area contributed by atoms with E-state index in [0.29, 0.717) is 57.9 Å². The highest BCUT2D eigenvalue weighted by Gasteiger charge is 2.22. The fraction of sp³-hybridized carbons (Fsp3) is 0.417. The van der Waals surface area contributed by atoms with Gasteiger partial charge in [0.1, 0.15) is 11.6 Å². The van der Waals surface area contributed by atoms with Gasteiger partial charge >= 0.3 is 0 Å². The Hall–Kier alpha value is -2.93. The molecular formula is C24H30FN3O3. The van der Waals surface area contributed by atoms with Crippen LogP contribution in [0.3, 0.4) is 0 Å². The highest BCUT2D eigenvalue weighted by atomic mass is 19.1. The zero-order chi connectivity index (χ0) is 22.2. The van der Waals surface area contributed by atoms with Gasteiger partial charge in [-0.25, -0.2) is 4.39 Å². The summed E-state index contributed by atoms with van der Waals surface area (Å²) in [6.45, 7) is 7.35. The molecule has 2 aromatic rings. The number of anilines is 1. The normalized spacial score (nSPS) is 14.4. The van der Waals surface area contributed by atoms with Gasteiger partial charge < -0.3 is 15.0 Å². The van der Waals surface area contributed by atoms with Gasteiger partial charge in [0.15, 0.2) is 0 Å². The summed E-state index contributed by atoms with van der Waals surface area (Å²) in [5.41, 5.74) is 3.07. The highest BCUT2D eigenvalue weighted by molar-refractivity contribution is 5.93. The van der Waals surface area contributed by atoms with Crippen molar-refractivity contribution in [2.75, 3.05) is 44.6 Å². The lowest BCUT2D eigenvalue weighted by molar-refractivity contribution is -0.133. The number of halogens is 1. The maximum absolute atomic E-state index is 12.9. The number of carbonyl (C=O) groups is 2. The van der Waals surface area contributed by atoms with Gasteiger partial charge in [0.2, 0.25) is 11.8 Å². The molecule has 0 atom stereocenters. The van der Waals surface area contributed by atoms with Crippen molar-refractivity contribution in [2.24, 2.45) is 0 Å². The van der Waals surface area contributed by atoms with Crippen molar-refractivity contribution in [1.29, 1.82) is 0 Å². The third-order valence-electron chi connectivity index (χ3n) is 5.59. The number of rotatable bonds is 8. The number of hydrogen-bond acceptors (Lipinski definition) is 4. The molecule has 1 aliphatic heterocycles. The lowest BCUT2D eigenvalue weighted by Gasteiger charge is -2.34. The van der Waals surface area contributed by atoms with E-state index in [1.54, 1.807) is 12.1 Å². The zero-order valence-electron chi connectivity index (χ0n) is 18.2. The van der Waals surface area contributed by atoms with Crippen molar-refractivity contribution in [3.63, 3.8) is 0 Å². The Morgan fingerprint density at radius 1 is 1.03 bits per heavy atom. The molecule has 1 fully saturated rings. The second kappa shape index (κ2) is 10.9. The number of carbonyl (C=O) groups excluding carboxylic acids is 2. The number of nitrogens with zero attached hydrogens (tertiary/aromatic N) is 2. The summed E-state index contributed by atoms with van der Waals surface area (Å²) in [7, 11) is 0. The molecule has 0 aliphatic carbocycles. The minimum Gasteiger partial charge on any atom is -0.494 e. The van der Waals surface area contributed by atoms with Crippen LogP contribution in [0.2, 0.25) is 0 Å². The summed E-state index contributed by atoms with van der Waals surface area (Å²) in [5.74, 6) is 0.361. The number of hydrogen-bond donors (Lipinski definition) is 1. The van der Waals surface area contributed by atoms with Gasteiger partial charge in [-0.15, -0.1) is 0 Å². The molecule has 6 nitrogen and oxygen atoms in total. The number of piperazine rings is 1. The van der Waals surface area contributed by atoms with Crippen molar-refractivity contribution >= 4 is 17.5 Å². The number of benzene rings is 2. The number of amides is 2. The fourth-order valence-corrected chi connectivity index (χ4v) is 3.54. The molecule has 0 radical (unpaired) electrons. The van der Waals surface area contributed by atoms with Crippen LogP contribution in [0.25, 0.3) is 0 Å². The Kier molecular flexibility index (Phi) is 8.00. The summed E-state index contributed by atoms with van der Waals surface area (Å²) in [5, 5.41) is 2.99. The molecule has 31 heavy (non-hydrogen) atoms. The average Bonchev–Trinajstić information content (AvgIpc) is 2.76. The highest BCUT2D eigenvalue weighted by Crippen LogP contribution is 2.18. The van der Waals surface area contributed by atoms with Gasteiger partial charge in [-0.1, -0.05) is 12.1 Å². The molecule has 7 heteroatoms. The largest absolute Gasteiger partial charge is 0.494 e. The van der Waals surface area contributed by atoms with Gasteiger partial charge in [-0.05, 0) is 61.7 Å². The molecule has 0 saturated carbocycles. The lowest BCUT2D eigenvalue weighted by Crippen LogP contribution is -2.50. The molecule has 1 heterocycles. The second-order valence-corrected chi connectivity index (χ2v) is 7.86. The first-order chi connectivity index (χ1) is 14.9. The second-order valence-electron chi connectivity index (χ2n) is 7.86. The van der Waals surface area contributed by atoms with Gasteiger partial charge in [-0.2, -0.15) is 0 Å². The molecule has 0 unspecified atom stereocenters. The third kappa shape index (κ3) is 6.79. The summed E-state index contributed by atoms with van der Waals surface area (Å²) in [6, 6.07) is 11.7. The first-order valence-corrected chi connectivity index (χ1v) is 10.7. The van der Waals surface area contributed by atoms with E-state index in [4.69, 9.17) is 4.74 Å². The Morgan fingerprint density at radius 3 is 2.45 bits per heavy atom. The van der Waals surface area contributed by atoms with E-state index < -0.39 is 0 Å². The van der Waals surface area contributed by atoms with Crippen molar-refractivity contribution < 1.29 is 18.7 Å². The van der Waals surface area contributed by atoms with E-state index >= 15 is 0 Å². The van der Waals surface area contributed by atoms with Crippen LogP contribution in [0.15, 0.2) is 42.5 Å².